The van der Waals surface area contributed by atoms with Gasteiger partial charge in [-0.25, -0.2) is 0 Å². The summed E-state index contributed by atoms with van der Waals surface area (Å²) >= 11 is 0. The Kier molecular flexibility index (Phi) is 4.67. The maximum Gasteiger partial charge on any atom is 0.266 e. The normalized spacial score (nSPS) is 25.2. The fourth-order valence-corrected chi connectivity index (χ4v) is 5.33. The van der Waals surface area contributed by atoms with Crippen LogP contribution in [0.4, 0.5) is 11.6 Å². The predicted octanol–water partition coefficient (Wildman–Crippen LogP) is 1.67. The zero-order chi connectivity index (χ0) is 21.7. The SMILES string of the molecule is O=C([C@H]1CC(=O)N(c2ccccc2)C1)N1CCC(c2nc(N3CC4(COC4)C3)no2)CC1. The fourth-order valence-electron chi connectivity index (χ4n) is 5.33. The number of rotatable bonds is 4. The minimum atomic E-state index is -0.275. The lowest BCUT2D eigenvalue weighted by Crippen LogP contribution is -2.66. The molecule has 0 radical (unpaired) electrons. The zero-order valence-electron chi connectivity index (χ0n) is 18.0. The number of carbonyl (C=O) groups is 2. The number of carbonyl (C=O) groups excluding carboxylic acids is 2. The average Bonchev–Trinajstić information content (AvgIpc) is 3.39. The molecule has 0 bridgehead atoms. The molecular weight excluding hydrogens is 410 g/mol. The fraction of sp³-hybridized carbons (Fsp3) is 0.565. The quantitative estimate of drug-likeness (QED) is 0.718. The lowest BCUT2D eigenvalue weighted by Gasteiger charge is -2.54. The Labute approximate surface area is 186 Å². The molecule has 0 saturated carbocycles. The van der Waals surface area contributed by atoms with Gasteiger partial charge in [0.15, 0.2) is 0 Å². The van der Waals surface area contributed by atoms with E-state index in [4.69, 9.17) is 9.26 Å². The third kappa shape index (κ3) is 3.35. The van der Waals surface area contributed by atoms with Crippen LogP contribution in [0.2, 0.25) is 0 Å². The number of ether oxygens (including phenoxy) is 1. The summed E-state index contributed by atoms with van der Waals surface area (Å²) in [6.45, 7) is 5.28. The summed E-state index contributed by atoms with van der Waals surface area (Å²) in [5.41, 5.74) is 1.17. The van der Waals surface area contributed by atoms with E-state index in [-0.39, 0.29) is 30.1 Å². The van der Waals surface area contributed by atoms with Crippen molar-refractivity contribution >= 4 is 23.5 Å². The van der Waals surface area contributed by atoms with Crippen LogP contribution in [0.3, 0.4) is 0 Å². The summed E-state index contributed by atoms with van der Waals surface area (Å²) in [5.74, 6) is 1.34. The van der Waals surface area contributed by atoms with Gasteiger partial charge in [0.2, 0.25) is 17.7 Å². The Morgan fingerprint density at radius 1 is 1.09 bits per heavy atom. The van der Waals surface area contributed by atoms with E-state index in [1.54, 1.807) is 4.90 Å². The molecule has 4 aliphatic rings. The third-order valence-electron chi connectivity index (χ3n) is 7.28. The van der Waals surface area contributed by atoms with Gasteiger partial charge in [-0.2, -0.15) is 4.98 Å². The predicted molar refractivity (Wildman–Crippen MR) is 115 cm³/mol. The molecule has 1 spiro atoms. The number of likely N-dealkylation sites (tertiary alicyclic amines) is 1. The molecule has 0 aliphatic carbocycles. The highest BCUT2D eigenvalue weighted by molar-refractivity contribution is 6.00. The minimum absolute atomic E-state index is 0.0177. The van der Waals surface area contributed by atoms with Gasteiger partial charge in [0.05, 0.1) is 24.5 Å². The van der Waals surface area contributed by atoms with Crippen LogP contribution in [0.1, 0.15) is 31.1 Å². The second kappa shape index (κ2) is 7.58. The number of benzene rings is 1. The second-order valence-electron chi connectivity index (χ2n) is 9.62. The van der Waals surface area contributed by atoms with Gasteiger partial charge >= 0.3 is 0 Å². The zero-order valence-corrected chi connectivity index (χ0v) is 18.0. The van der Waals surface area contributed by atoms with Crippen LogP contribution in [0.25, 0.3) is 0 Å². The van der Waals surface area contributed by atoms with Crippen molar-refractivity contribution in [3.63, 3.8) is 0 Å². The summed E-state index contributed by atoms with van der Waals surface area (Å²) < 4.78 is 10.9. The summed E-state index contributed by atoms with van der Waals surface area (Å²) in [4.78, 5) is 36.0. The first-order valence-electron chi connectivity index (χ1n) is 11.4. The first-order valence-corrected chi connectivity index (χ1v) is 11.4. The Hall–Kier alpha value is -2.94. The van der Waals surface area contributed by atoms with E-state index in [9.17, 15) is 9.59 Å². The Morgan fingerprint density at radius 3 is 2.53 bits per heavy atom. The van der Waals surface area contributed by atoms with E-state index in [2.05, 4.69) is 15.0 Å². The van der Waals surface area contributed by atoms with Gasteiger partial charge in [-0.15, -0.1) is 0 Å². The maximum absolute atomic E-state index is 13.1. The highest BCUT2D eigenvalue weighted by atomic mass is 16.5. The molecule has 1 atom stereocenters. The van der Waals surface area contributed by atoms with Crippen LogP contribution in [-0.4, -0.2) is 72.8 Å². The number of para-hydroxylation sites is 1. The Balaban J connectivity index is 1.03. The molecule has 9 heteroatoms. The first kappa shape index (κ1) is 19.7. The molecule has 168 valence electrons. The second-order valence-corrected chi connectivity index (χ2v) is 9.62. The smallest absolute Gasteiger partial charge is 0.266 e. The molecule has 2 amide bonds. The molecule has 0 N–H and O–H groups in total. The number of hydrogen-bond acceptors (Lipinski definition) is 7. The molecule has 6 rings (SSSR count). The summed E-state index contributed by atoms with van der Waals surface area (Å²) in [5, 5.41) is 4.18. The van der Waals surface area contributed by atoms with Crippen LogP contribution in [0.15, 0.2) is 34.9 Å². The van der Waals surface area contributed by atoms with Crippen molar-refractivity contribution in [1.82, 2.24) is 15.0 Å². The molecule has 1 aromatic heterocycles. The maximum atomic E-state index is 13.1. The minimum Gasteiger partial charge on any atom is -0.380 e. The first-order chi connectivity index (χ1) is 15.6. The highest BCUT2D eigenvalue weighted by Crippen LogP contribution is 2.40. The number of anilines is 2. The molecule has 9 nitrogen and oxygen atoms in total. The Bertz CT molecular complexity index is 1000. The molecule has 4 aliphatic heterocycles. The van der Waals surface area contributed by atoms with Gasteiger partial charge in [0.1, 0.15) is 0 Å². The number of piperidine rings is 1. The number of hydrogen-bond donors (Lipinski definition) is 0. The topological polar surface area (TPSA) is 92.0 Å². The molecule has 1 aromatic carbocycles. The third-order valence-corrected chi connectivity index (χ3v) is 7.28. The van der Waals surface area contributed by atoms with Crippen LogP contribution < -0.4 is 9.80 Å². The van der Waals surface area contributed by atoms with Gasteiger partial charge in [0.25, 0.3) is 5.95 Å². The average molecular weight is 438 g/mol. The van der Waals surface area contributed by atoms with Crippen molar-refractivity contribution in [2.24, 2.45) is 11.3 Å². The molecule has 4 saturated heterocycles. The van der Waals surface area contributed by atoms with Gasteiger partial charge < -0.3 is 24.0 Å². The molecule has 2 aromatic rings. The van der Waals surface area contributed by atoms with E-state index in [0.717, 1.165) is 44.8 Å². The van der Waals surface area contributed by atoms with Crippen molar-refractivity contribution in [3.8, 4) is 0 Å². The standard InChI is InChI=1S/C23H27N5O4/c29-19-10-17(11-28(19)18-4-2-1-3-5-18)21(30)26-8-6-16(7-9-26)20-24-22(25-32-20)27-12-23(13-27)14-31-15-23/h1-5,16-17H,6-15H2/t17-/m0/s1. The number of aromatic nitrogens is 2. The van der Waals surface area contributed by atoms with Crippen molar-refractivity contribution in [3.05, 3.63) is 36.2 Å². The summed E-state index contributed by atoms with van der Waals surface area (Å²) in [7, 11) is 0. The van der Waals surface area contributed by atoms with E-state index < -0.39 is 0 Å². The number of amides is 2. The number of nitrogens with zero attached hydrogens (tertiary/aromatic N) is 5. The largest absolute Gasteiger partial charge is 0.380 e. The van der Waals surface area contributed by atoms with Gasteiger partial charge in [0, 0.05) is 50.7 Å². The lowest BCUT2D eigenvalue weighted by molar-refractivity contribution is -0.136. The van der Waals surface area contributed by atoms with Gasteiger partial charge in [-0.05, 0) is 30.1 Å². The van der Waals surface area contributed by atoms with Crippen LogP contribution in [0, 0.1) is 11.3 Å². The molecule has 32 heavy (non-hydrogen) atoms. The highest BCUT2D eigenvalue weighted by Gasteiger charge is 2.50. The molecule has 5 heterocycles. The summed E-state index contributed by atoms with van der Waals surface area (Å²) in [6.07, 6.45) is 1.88. The van der Waals surface area contributed by atoms with Crippen LogP contribution >= 0.6 is 0 Å². The van der Waals surface area contributed by atoms with E-state index in [1.807, 2.05) is 35.2 Å². The van der Waals surface area contributed by atoms with Crippen molar-refractivity contribution < 1.29 is 18.8 Å². The van der Waals surface area contributed by atoms with Crippen molar-refractivity contribution in [2.75, 3.05) is 55.7 Å². The van der Waals surface area contributed by atoms with Gasteiger partial charge in [-0.1, -0.05) is 18.2 Å². The van der Waals surface area contributed by atoms with Gasteiger partial charge in [-0.3, -0.25) is 9.59 Å². The molecule has 0 unspecified atom stereocenters. The van der Waals surface area contributed by atoms with Crippen molar-refractivity contribution in [1.29, 1.82) is 0 Å². The molecule has 4 fully saturated rings. The monoisotopic (exact) mass is 437 g/mol. The Morgan fingerprint density at radius 2 is 1.84 bits per heavy atom. The molecular formula is C23H27N5O4. The van der Waals surface area contributed by atoms with Crippen LogP contribution in [0.5, 0.6) is 0 Å². The lowest BCUT2D eigenvalue weighted by atomic mass is 9.78. The van der Waals surface area contributed by atoms with Crippen LogP contribution in [-0.2, 0) is 14.3 Å². The summed E-state index contributed by atoms with van der Waals surface area (Å²) in [6, 6.07) is 9.57. The van der Waals surface area contributed by atoms with E-state index in [0.29, 0.717) is 36.9 Å². The van der Waals surface area contributed by atoms with E-state index in [1.165, 1.54) is 0 Å². The van der Waals surface area contributed by atoms with Crippen molar-refractivity contribution in [2.45, 2.75) is 25.2 Å². The van der Waals surface area contributed by atoms with E-state index >= 15 is 0 Å².